The summed E-state index contributed by atoms with van der Waals surface area (Å²) in [6, 6.07) is 0.751. The van der Waals surface area contributed by atoms with Crippen LogP contribution in [-0.4, -0.2) is 16.0 Å². The summed E-state index contributed by atoms with van der Waals surface area (Å²) in [6.45, 7) is 2.98. The van der Waals surface area contributed by atoms with Crippen molar-refractivity contribution in [2.45, 2.75) is 38.8 Å². The topological polar surface area (TPSA) is 40.7 Å². The minimum absolute atomic E-state index is 0.751. The number of nitrogens with zero attached hydrogens (tertiary/aromatic N) is 1. The molecule has 0 amide bonds. The Morgan fingerprint density at radius 3 is 3.00 bits per heavy atom. The molecule has 1 heterocycles. The van der Waals surface area contributed by atoms with Crippen LogP contribution in [0.4, 0.5) is 0 Å². The van der Waals surface area contributed by atoms with E-state index in [4.69, 9.17) is 0 Å². The minimum Gasteiger partial charge on any atom is -0.348 e. The van der Waals surface area contributed by atoms with Gasteiger partial charge in [0.25, 0.3) is 0 Å². The number of aromatic amines is 1. The summed E-state index contributed by atoms with van der Waals surface area (Å²) in [6.07, 6.45) is 5.82. The molecule has 3 nitrogen and oxygen atoms in total. The highest BCUT2D eigenvalue weighted by Gasteiger charge is 2.16. The SMILES string of the molecule is Cc1[nH]cnc1CNC1CCC1. The van der Waals surface area contributed by atoms with Gasteiger partial charge in [0.1, 0.15) is 0 Å². The summed E-state index contributed by atoms with van der Waals surface area (Å²) in [7, 11) is 0. The standard InChI is InChI=1S/C9H15N3/c1-7-9(12-6-11-7)5-10-8-3-2-4-8/h6,8,10H,2-5H2,1H3,(H,11,12). The molecule has 0 aliphatic heterocycles. The lowest BCUT2D eigenvalue weighted by Gasteiger charge is -2.26. The molecular weight excluding hydrogens is 150 g/mol. The first-order chi connectivity index (χ1) is 5.86. The van der Waals surface area contributed by atoms with Crippen molar-refractivity contribution in [3.63, 3.8) is 0 Å². The van der Waals surface area contributed by atoms with Gasteiger partial charge in [-0.2, -0.15) is 0 Å². The molecule has 0 bridgehead atoms. The van der Waals surface area contributed by atoms with E-state index in [9.17, 15) is 0 Å². The van der Waals surface area contributed by atoms with Gasteiger partial charge in [-0.05, 0) is 19.8 Å². The number of aryl methyl sites for hydroxylation is 1. The van der Waals surface area contributed by atoms with Crippen LogP contribution in [-0.2, 0) is 6.54 Å². The van der Waals surface area contributed by atoms with Crippen LogP contribution < -0.4 is 5.32 Å². The highest BCUT2D eigenvalue weighted by Crippen LogP contribution is 2.18. The van der Waals surface area contributed by atoms with Gasteiger partial charge in [-0.25, -0.2) is 4.98 Å². The monoisotopic (exact) mass is 165 g/mol. The number of hydrogen-bond donors (Lipinski definition) is 2. The van der Waals surface area contributed by atoms with Crippen molar-refractivity contribution in [3.05, 3.63) is 17.7 Å². The van der Waals surface area contributed by atoms with Crippen LogP contribution in [0, 0.1) is 6.92 Å². The van der Waals surface area contributed by atoms with E-state index in [0.29, 0.717) is 0 Å². The molecule has 12 heavy (non-hydrogen) atoms. The van der Waals surface area contributed by atoms with Gasteiger partial charge in [-0.1, -0.05) is 6.42 Å². The highest BCUT2D eigenvalue weighted by atomic mass is 15.0. The van der Waals surface area contributed by atoms with E-state index in [-0.39, 0.29) is 0 Å². The quantitative estimate of drug-likeness (QED) is 0.710. The fraction of sp³-hybridized carbons (Fsp3) is 0.667. The maximum Gasteiger partial charge on any atom is 0.0925 e. The van der Waals surface area contributed by atoms with E-state index in [1.165, 1.54) is 25.0 Å². The van der Waals surface area contributed by atoms with E-state index < -0.39 is 0 Å². The Hall–Kier alpha value is -0.830. The van der Waals surface area contributed by atoms with Gasteiger partial charge in [-0.3, -0.25) is 0 Å². The lowest BCUT2D eigenvalue weighted by Crippen LogP contribution is -2.34. The molecule has 1 fully saturated rings. The molecule has 2 rings (SSSR count). The molecule has 0 aromatic carbocycles. The Morgan fingerprint density at radius 1 is 1.67 bits per heavy atom. The van der Waals surface area contributed by atoms with Gasteiger partial charge in [0, 0.05) is 18.3 Å². The van der Waals surface area contributed by atoms with Gasteiger partial charge in [0.05, 0.1) is 12.0 Å². The number of rotatable bonds is 3. The summed E-state index contributed by atoms with van der Waals surface area (Å²) < 4.78 is 0. The van der Waals surface area contributed by atoms with Crippen molar-refractivity contribution in [1.29, 1.82) is 0 Å². The van der Waals surface area contributed by atoms with Gasteiger partial charge in [0.2, 0.25) is 0 Å². The molecule has 66 valence electrons. The largest absolute Gasteiger partial charge is 0.348 e. The highest BCUT2D eigenvalue weighted by molar-refractivity contribution is 5.08. The molecule has 3 heteroatoms. The van der Waals surface area contributed by atoms with Crippen LogP contribution in [0.5, 0.6) is 0 Å². The second-order valence-electron chi connectivity index (χ2n) is 3.48. The fourth-order valence-electron chi connectivity index (χ4n) is 1.42. The maximum atomic E-state index is 4.23. The van der Waals surface area contributed by atoms with E-state index >= 15 is 0 Å². The van der Waals surface area contributed by atoms with Gasteiger partial charge >= 0.3 is 0 Å². The van der Waals surface area contributed by atoms with E-state index in [1.54, 1.807) is 6.33 Å². The van der Waals surface area contributed by atoms with Gasteiger partial charge in [-0.15, -0.1) is 0 Å². The predicted octanol–water partition coefficient (Wildman–Crippen LogP) is 1.36. The molecular formula is C9H15N3. The zero-order chi connectivity index (χ0) is 8.39. The summed E-state index contributed by atoms with van der Waals surface area (Å²) in [5.74, 6) is 0. The Kier molecular flexibility index (Phi) is 2.13. The third-order valence-electron chi connectivity index (χ3n) is 2.60. The van der Waals surface area contributed by atoms with Crippen molar-refractivity contribution in [2.24, 2.45) is 0 Å². The first kappa shape index (κ1) is 7.80. The zero-order valence-corrected chi connectivity index (χ0v) is 7.43. The minimum atomic E-state index is 0.751. The second-order valence-corrected chi connectivity index (χ2v) is 3.48. The maximum absolute atomic E-state index is 4.23. The second kappa shape index (κ2) is 3.27. The summed E-state index contributed by atoms with van der Waals surface area (Å²) >= 11 is 0. The molecule has 0 atom stereocenters. The average molecular weight is 165 g/mol. The van der Waals surface area contributed by atoms with Crippen molar-refractivity contribution in [2.75, 3.05) is 0 Å². The Morgan fingerprint density at radius 2 is 2.50 bits per heavy atom. The van der Waals surface area contributed by atoms with Crippen molar-refractivity contribution < 1.29 is 0 Å². The fourth-order valence-corrected chi connectivity index (χ4v) is 1.42. The summed E-state index contributed by atoms with van der Waals surface area (Å²) in [5.41, 5.74) is 2.34. The van der Waals surface area contributed by atoms with Gasteiger partial charge in [0.15, 0.2) is 0 Å². The van der Waals surface area contributed by atoms with Crippen molar-refractivity contribution >= 4 is 0 Å². The summed E-state index contributed by atoms with van der Waals surface area (Å²) in [4.78, 5) is 7.31. The molecule has 1 aliphatic carbocycles. The zero-order valence-electron chi connectivity index (χ0n) is 7.43. The average Bonchev–Trinajstić information content (AvgIpc) is 2.33. The number of H-pyrrole nitrogens is 1. The van der Waals surface area contributed by atoms with Crippen LogP contribution in [0.2, 0.25) is 0 Å². The molecule has 0 saturated heterocycles. The molecule has 0 radical (unpaired) electrons. The number of nitrogens with one attached hydrogen (secondary N) is 2. The van der Waals surface area contributed by atoms with Crippen molar-refractivity contribution in [1.82, 2.24) is 15.3 Å². The van der Waals surface area contributed by atoms with E-state index in [0.717, 1.165) is 18.3 Å². The lowest BCUT2D eigenvalue weighted by atomic mass is 9.93. The molecule has 0 unspecified atom stereocenters. The van der Waals surface area contributed by atoms with Crippen LogP contribution in [0.15, 0.2) is 6.33 Å². The lowest BCUT2D eigenvalue weighted by molar-refractivity contribution is 0.337. The van der Waals surface area contributed by atoms with E-state index in [2.05, 4.69) is 22.2 Å². The predicted molar refractivity (Wildman–Crippen MR) is 47.8 cm³/mol. The molecule has 1 aliphatic rings. The number of aromatic nitrogens is 2. The summed E-state index contributed by atoms with van der Waals surface area (Å²) in [5, 5.41) is 3.48. The van der Waals surface area contributed by atoms with E-state index in [1.807, 2.05) is 0 Å². The van der Waals surface area contributed by atoms with Gasteiger partial charge < -0.3 is 10.3 Å². The van der Waals surface area contributed by atoms with Crippen LogP contribution in [0.25, 0.3) is 0 Å². The molecule has 1 aromatic rings. The molecule has 0 spiro atoms. The Balaban J connectivity index is 1.82. The van der Waals surface area contributed by atoms with Crippen LogP contribution in [0.3, 0.4) is 0 Å². The van der Waals surface area contributed by atoms with Crippen LogP contribution >= 0.6 is 0 Å². The third kappa shape index (κ3) is 1.50. The third-order valence-corrected chi connectivity index (χ3v) is 2.60. The molecule has 2 N–H and O–H groups in total. The first-order valence-corrected chi connectivity index (χ1v) is 4.58. The smallest absolute Gasteiger partial charge is 0.0925 e. The number of imidazole rings is 1. The Labute approximate surface area is 72.6 Å². The van der Waals surface area contributed by atoms with Crippen LogP contribution in [0.1, 0.15) is 30.7 Å². The van der Waals surface area contributed by atoms with Crippen molar-refractivity contribution in [3.8, 4) is 0 Å². The Bertz CT molecular complexity index is 250. The first-order valence-electron chi connectivity index (χ1n) is 4.58. The molecule has 1 aromatic heterocycles. The number of hydrogen-bond acceptors (Lipinski definition) is 2. The molecule has 1 saturated carbocycles. The normalized spacial score (nSPS) is 17.8.